The number of aryl methyl sites for hydroxylation is 1. The largest absolute Gasteiger partial charge is 0.478 e. The highest BCUT2D eigenvalue weighted by Gasteiger charge is 2.17. The quantitative estimate of drug-likeness (QED) is 0.539. The van der Waals surface area contributed by atoms with Crippen molar-refractivity contribution in [3.63, 3.8) is 0 Å². The Labute approximate surface area is 172 Å². The second-order valence-electron chi connectivity index (χ2n) is 7.25. The minimum absolute atomic E-state index is 0.126. The number of aromatic carboxylic acids is 1. The van der Waals surface area contributed by atoms with Crippen LogP contribution in [0.1, 0.15) is 27.2 Å². The fourth-order valence-corrected chi connectivity index (χ4v) is 3.66. The van der Waals surface area contributed by atoms with Crippen LogP contribution in [0.3, 0.4) is 0 Å². The molecule has 0 saturated heterocycles. The summed E-state index contributed by atoms with van der Waals surface area (Å²) in [4.78, 5) is 25.1. The SMILES string of the molecule is Cc1cc2c(cc(C(=O)O)c(=N)n2Cc2ccccc2)c(=O)n1Cc1ccccc1. The Kier molecular flexibility index (Phi) is 5.06. The van der Waals surface area contributed by atoms with Gasteiger partial charge >= 0.3 is 5.97 Å². The molecule has 150 valence electrons. The van der Waals surface area contributed by atoms with Gasteiger partial charge in [-0.25, -0.2) is 4.79 Å². The monoisotopic (exact) mass is 399 g/mol. The number of carboxylic acids is 1. The first kappa shape index (κ1) is 19.4. The first-order chi connectivity index (χ1) is 14.5. The second kappa shape index (κ2) is 7.83. The second-order valence-corrected chi connectivity index (χ2v) is 7.25. The Morgan fingerprint density at radius 1 is 0.900 bits per heavy atom. The van der Waals surface area contributed by atoms with Gasteiger partial charge in [0.05, 0.1) is 17.4 Å². The van der Waals surface area contributed by atoms with Crippen LogP contribution in [0.25, 0.3) is 10.9 Å². The predicted molar refractivity (Wildman–Crippen MR) is 115 cm³/mol. The topological polar surface area (TPSA) is 88.1 Å². The summed E-state index contributed by atoms with van der Waals surface area (Å²) in [5.74, 6) is -1.22. The number of fused-ring (bicyclic) bond motifs is 1. The third kappa shape index (κ3) is 3.55. The van der Waals surface area contributed by atoms with Gasteiger partial charge < -0.3 is 14.2 Å². The summed E-state index contributed by atoms with van der Waals surface area (Å²) in [6.07, 6.45) is 0. The van der Waals surface area contributed by atoms with Gasteiger partial charge in [-0.15, -0.1) is 0 Å². The molecule has 0 aliphatic heterocycles. The van der Waals surface area contributed by atoms with E-state index in [1.165, 1.54) is 6.07 Å². The van der Waals surface area contributed by atoms with Crippen molar-refractivity contribution in [1.29, 1.82) is 5.41 Å². The molecular weight excluding hydrogens is 378 g/mol. The molecule has 4 aromatic rings. The Morgan fingerprint density at radius 2 is 1.43 bits per heavy atom. The average molecular weight is 399 g/mol. The van der Waals surface area contributed by atoms with Crippen molar-refractivity contribution in [2.75, 3.05) is 0 Å². The smallest absolute Gasteiger partial charge is 0.339 e. The Balaban J connectivity index is 1.97. The summed E-state index contributed by atoms with van der Waals surface area (Å²) in [5, 5.41) is 18.4. The van der Waals surface area contributed by atoms with Crippen LogP contribution < -0.4 is 11.0 Å². The molecule has 30 heavy (non-hydrogen) atoms. The third-order valence-electron chi connectivity index (χ3n) is 5.22. The lowest BCUT2D eigenvalue weighted by Crippen LogP contribution is -2.31. The van der Waals surface area contributed by atoms with Crippen molar-refractivity contribution in [3.8, 4) is 0 Å². The molecule has 4 rings (SSSR count). The number of rotatable bonds is 5. The van der Waals surface area contributed by atoms with Gasteiger partial charge in [0.1, 0.15) is 11.1 Å². The van der Waals surface area contributed by atoms with E-state index in [2.05, 4.69) is 0 Å². The molecule has 0 bridgehead atoms. The molecule has 0 atom stereocenters. The molecule has 0 unspecified atom stereocenters. The zero-order valence-electron chi connectivity index (χ0n) is 16.5. The molecule has 0 amide bonds. The predicted octanol–water partition coefficient (Wildman–Crippen LogP) is 3.39. The standard InChI is InChI=1S/C24H21N3O3/c1-16-12-21-19(23(28)26(16)14-17-8-4-2-5-9-17)13-20(24(29)30)22(25)27(21)15-18-10-6-3-7-11-18/h2-13,25H,14-15H2,1H3,(H,29,30). The number of carbonyl (C=O) groups is 1. The van der Waals surface area contributed by atoms with Gasteiger partial charge in [0.15, 0.2) is 0 Å². The number of hydrogen-bond donors (Lipinski definition) is 2. The van der Waals surface area contributed by atoms with Crippen LogP contribution in [0, 0.1) is 12.3 Å². The van der Waals surface area contributed by atoms with E-state index in [0.717, 1.165) is 16.8 Å². The van der Waals surface area contributed by atoms with Crippen LogP contribution in [-0.2, 0) is 13.1 Å². The van der Waals surface area contributed by atoms with Crippen molar-refractivity contribution in [2.45, 2.75) is 20.0 Å². The van der Waals surface area contributed by atoms with Crippen molar-refractivity contribution < 1.29 is 9.90 Å². The van der Waals surface area contributed by atoms with E-state index < -0.39 is 5.97 Å². The Morgan fingerprint density at radius 3 is 1.97 bits per heavy atom. The van der Waals surface area contributed by atoms with Gasteiger partial charge in [-0.3, -0.25) is 10.2 Å². The van der Waals surface area contributed by atoms with Gasteiger partial charge in [-0.05, 0) is 30.2 Å². The molecule has 0 fully saturated rings. The average Bonchev–Trinajstić information content (AvgIpc) is 2.74. The number of benzene rings is 2. The summed E-state index contributed by atoms with van der Waals surface area (Å²) < 4.78 is 3.23. The van der Waals surface area contributed by atoms with Crippen molar-refractivity contribution in [3.05, 3.63) is 111 Å². The molecule has 0 aliphatic carbocycles. The van der Waals surface area contributed by atoms with Crippen LogP contribution in [0.15, 0.2) is 77.6 Å². The minimum atomic E-state index is -1.22. The summed E-state index contributed by atoms with van der Waals surface area (Å²) in [7, 11) is 0. The summed E-state index contributed by atoms with van der Waals surface area (Å²) in [6.45, 7) is 2.55. The van der Waals surface area contributed by atoms with Crippen LogP contribution in [0.2, 0.25) is 0 Å². The summed E-state index contributed by atoms with van der Waals surface area (Å²) in [5.41, 5.74) is 2.63. The van der Waals surface area contributed by atoms with E-state index in [-0.39, 0.29) is 16.6 Å². The van der Waals surface area contributed by atoms with Gasteiger partial charge in [0.25, 0.3) is 5.56 Å². The van der Waals surface area contributed by atoms with Crippen molar-refractivity contribution >= 4 is 16.9 Å². The Hall–Kier alpha value is -3.93. The Bertz CT molecular complexity index is 1350. The fourth-order valence-electron chi connectivity index (χ4n) is 3.66. The third-order valence-corrected chi connectivity index (χ3v) is 5.22. The van der Waals surface area contributed by atoms with Crippen LogP contribution >= 0.6 is 0 Å². The number of hydrogen-bond acceptors (Lipinski definition) is 3. The molecular formula is C24H21N3O3. The van der Waals surface area contributed by atoms with E-state index >= 15 is 0 Å². The molecule has 0 saturated carbocycles. The van der Waals surface area contributed by atoms with Crippen LogP contribution in [0.5, 0.6) is 0 Å². The highest BCUT2D eigenvalue weighted by Crippen LogP contribution is 2.15. The molecule has 2 N–H and O–H groups in total. The number of carboxylic acid groups (broad SMARTS) is 1. The van der Waals surface area contributed by atoms with Gasteiger partial charge in [0, 0.05) is 12.2 Å². The molecule has 6 heteroatoms. The first-order valence-corrected chi connectivity index (χ1v) is 9.59. The normalized spacial score (nSPS) is 11.0. The maximum atomic E-state index is 13.3. The van der Waals surface area contributed by atoms with E-state index in [1.54, 1.807) is 9.13 Å². The molecule has 2 heterocycles. The van der Waals surface area contributed by atoms with Gasteiger partial charge in [-0.2, -0.15) is 0 Å². The molecule has 0 radical (unpaired) electrons. The zero-order valence-corrected chi connectivity index (χ0v) is 16.5. The van der Waals surface area contributed by atoms with Gasteiger partial charge in [0.2, 0.25) is 0 Å². The maximum Gasteiger partial charge on any atom is 0.339 e. The van der Waals surface area contributed by atoms with Gasteiger partial charge in [-0.1, -0.05) is 60.7 Å². The zero-order chi connectivity index (χ0) is 21.3. The molecule has 2 aromatic carbocycles. The first-order valence-electron chi connectivity index (χ1n) is 9.59. The van der Waals surface area contributed by atoms with Crippen molar-refractivity contribution in [1.82, 2.24) is 9.13 Å². The molecule has 6 nitrogen and oxygen atoms in total. The minimum Gasteiger partial charge on any atom is -0.478 e. The fraction of sp³-hybridized carbons (Fsp3) is 0.125. The van der Waals surface area contributed by atoms with E-state index in [4.69, 9.17) is 5.41 Å². The number of nitrogens with one attached hydrogen (secondary N) is 1. The van der Waals surface area contributed by atoms with Crippen LogP contribution in [-0.4, -0.2) is 20.2 Å². The molecule has 2 aromatic heterocycles. The molecule has 0 spiro atoms. The molecule has 0 aliphatic rings. The van der Waals surface area contributed by atoms with E-state index in [1.807, 2.05) is 73.7 Å². The number of nitrogens with zero attached hydrogens (tertiary/aromatic N) is 2. The lowest BCUT2D eigenvalue weighted by molar-refractivity contribution is 0.0694. The lowest BCUT2D eigenvalue weighted by atomic mass is 10.1. The van der Waals surface area contributed by atoms with Crippen molar-refractivity contribution in [2.24, 2.45) is 0 Å². The van der Waals surface area contributed by atoms with E-state index in [0.29, 0.717) is 24.0 Å². The number of aromatic nitrogens is 2. The number of pyridine rings is 2. The highest BCUT2D eigenvalue weighted by molar-refractivity contribution is 5.92. The highest BCUT2D eigenvalue weighted by atomic mass is 16.4. The maximum absolute atomic E-state index is 13.3. The lowest BCUT2D eigenvalue weighted by Gasteiger charge is -2.17. The summed E-state index contributed by atoms with van der Waals surface area (Å²) in [6, 6.07) is 22.3. The van der Waals surface area contributed by atoms with E-state index in [9.17, 15) is 14.7 Å². The summed E-state index contributed by atoms with van der Waals surface area (Å²) >= 11 is 0. The van der Waals surface area contributed by atoms with Crippen LogP contribution in [0.4, 0.5) is 0 Å².